The van der Waals surface area contributed by atoms with Crippen LogP contribution in [0.2, 0.25) is 0 Å². The van der Waals surface area contributed by atoms with Gasteiger partial charge in [-0.25, -0.2) is 0 Å². The molecule has 0 heterocycles. The lowest BCUT2D eigenvalue weighted by Crippen LogP contribution is -2.19. The normalized spacial score (nSPS) is 13.8. The van der Waals surface area contributed by atoms with Gasteiger partial charge in [-0.1, -0.05) is 49.4 Å². The topological polar surface area (TPSA) is 35.2 Å². The minimum absolute atomic E-state index is 0.00649. The highest BCUT2D eigenvalue weighted by Gasteiger charge is 2.20. The molecule has 0 bridgehead atoms. The van der Waals surface area contributed by atoms with Crippen LogP contribution in [0.1, 0.15) is 42.0 Å². The third-order valence-electron chi connectivity index (χ3n) is 3.90. The van der Waals surface area contributed by atoms with Crippen LogP contribution >= 0.6 is 0 Å². The van der Waals surface area contributed by atoms with E-state index in [0.29, 0.717) is 5.92 Å². The molecule has 2 nitrogen and oxygen atoms in total. The van der Waals surface area contributed by atoms with Gasteiger partial charge in [-0.05, 0) is 36.1 Å². The van der Waals surface area contributed by atoms with Crippen molar-refractivity contribution in [2.24, 2.45) is 5.73 Å². The van der Waals surface area contributed by atoms with Gasteiger partial charge in [-0.3, -0.25) is 0 Å². The standard InChI is InChI=1S/C18H23NO/c1-4-16(14-8-6-5-7-9-14)18(19)15-10-11-17(20-3)13(2)12-15/h5-12,16,18H,4,19H2,1-3H3. The average Bonchev–Trinajstić information content (AvgIpc) is 2.49. The maximum Gasteiger partial charge on any atom is 0.121 e. The summed E-state index contributed by atoms with van der Waals surface area (Å²) >= 11 is 0. The van der Waals surface area contributed by atoms with Crippen LogP contribution in [-0.4, -0.2) is 7.11 Å². The lowest BCUT2D eigenvalue weighted by molar-refractivity contribution is 0.411. The predicted molar refractivity (Wildman–Crippen MR) is 84.1 cm³/mol. The molecule has 0 amide bonds. The molecule has 2 unspecified atom stereocenters. The van der Waals surface area contributed by atoms with Gasteiger partial charge in [-0.2, -0.15) is 0 Å². The fourth-order valence-electron chi connectivity index (χ4n) is 2.74. The molecular formula is C18H23NO. The Kier molecular flexibility index (Phi) is 4.80. The molecule has 0 fully saturated rings. The molecule has 2 N–H and O–H groups in total. The van der Waals surface area contributed by atoms with Crippen LogP contribution in [-0.2, 0) is 0 Å². The summed E-state index contributed by atoms with van der Waals surface area (Å²) in [6, 6.07) is 16.7. The highest BCUT2D eigenvalue weighted by Crippen LogP contribution is 2.33. The third kappa shape index (κ3) is 3.02. The Balaban J connectivity index is 2.29. The smallest absolute Gasteiger partial charge is 0.121 e. The Bertz CT molecular complexity index is 551. The second-order valence-corrected chi connectivity index (χ2v) is 5.18. The van der Waals surface area contributed by atoms with E-state index >= 15 is 0 Å². The number of rotatable bonds is 5. The molecule has 2 heteroatoms. The van der Waals surface area contributed by atoms with E-state index in [0.717, 1.165) is 17.7 Å². The number of benzene rings is 2. The second-order valence-electron chi connectivity index (χ2n) is 5.18. The molecule has 0 saturated carbocycles. The maximum absolute atomic E-state index is 6.50. The molecule has 0 aliphatic carbocycles. The van der Waals surface area contributed by atoms with Gasteiger partial charge >= 0.3 is 0 Å². The predicted octanol–water partition coefficient (Wildman–Crippen LogP) is 4.20. The van der Waals surface area contributed by atoms with Crippen molar-refractivity contribution in [2.45, 2.75) is 32.2 Å². The minimum Gasteiger partial charge on any atom is -0.496 e. The third-order valence-corrected chi connectivity index (χ3v) is 3.90. The first kappa shape index (κ1) is 14.6. The van der Waals surface area contributed by atoms with E-state index < -0.39 is 0 Å². The van der Waals surface area contributed by atoms with Crippen molar-refractivity contribution in [3.63, 3.8) is 0 Å². The van der Waals surface area contributed by atoms with Crippen LogP contribution in [0, 0.1) is 6.92 Å². The summed E-state index contributed by atoms with van der Waals surface area (Å²) in [4.78, 5) is 0. The van der Waals surface area contributed by atoms with Crippen molar-refractivity contribution in [3.05, 3.63) is 65.2 Å². The molecular weight excluding hydrogens is 246 g/mol. The van der Waals surface area contributed by atoms with Crippen molar-refractivity contribution >= 4 is 0 Å². The van der Waals surface area contributed by atoms with Crippen molar-refractivity contribution in [1.29, 1.82) is 0 Å². The number of methoxy groups -OCH3 is 1. The van der Waals surface area contributed by atoms with E-state index in [1.807, 2.05) is 12.1 Å². The quantitative estimate of drug-likeness (QED) is 0.883. The molecule has 0 saturated heterocycles. The SMILES string of the molecule is CCC(c1ccccc1)C(N)c1ccc(OC)c(C)c1. The minimum atomic E-state index is 0.00649. The lowest BCUT2D eigenvalue weighted by atomic mass is 9.85. The molecule has 0 spiro atoms. The molecule has 2 atom stereocenters. The van der Waals surface area contributed by atoms with Gasteiger partial charge in [0.15, 0.2) is 0 Å². The molecule has 0 aliphatic rings. The molecule has 2 aromatic rings. The van der Waals surface area contributed by atoms with Crippen molar-refractivity contribution in [2.75, 3.05) is 7.11 Å². The highest BCUT2D eigenvalue weighted by molar-refractivity contribution is 5.38. The van der Waals surface area contributed by atoms with Crippen LogP contribution in [0.5, 0.6) is 5.75 Å². The number of aryl methyl sites for hydroxylation is 1. The van der Waals surface area contributed by atoms with E-state index in [-0.39, 0.29) is 6.04 Å². The van der Waals surface area contributed by atoms with Crippen molar-refractivity contribution in [3.8, 4) is 5.75 Å². The van der Waals surface area contributed by atoms with Gasteiger partial charge in [0.2, 0.25) is 0 Å². The Labute approximate surface area is 121 Å². The van der Waals surface area contributed by atoms with Gasteiger partial charge in [0.1, 0.15) is 5.75 Å². The Morgan fingerprint density at radius 1 is 1.05 bits per heavy atom. The van der Waals surface area contributed by atoms with Gasteiger partial charge < -0.3 is 10.5 Å². The fraction of sp³-hybridized carbons (Fsp3) is 0.333. The van der Waals surface area contributed by atoms with Crippen LogP contribution in [0.3, 0.4) is 0 Å². The maximum atomic E-state index is 6.50. The van der Waals surface area contributed by atoms with Gasteiger partial charge in [0, 0.05) is 12.0 Å². The van der Waals surface area contributed by atoms with Crippen LogP contribution in [0.4, 0.5) is 0 Å². The molecule has 0 radical (unpaired) electrons. The van der Waals surface area contributed by atoms with Crippen LogP contribution in [0.25, 0.3) is 0 Å². The van der Waals surface area contributed by atoms with E-state index in [9.17, 15) is 0 Å². The largest absolute Gasteiger partial charge is 0.496 e. The number of ether oxygens (including phenoxy) is 1. The summed E-state index contributed by atoms with van der Waals surface area (Å²) in [6.07, 6.45) is 1.02. The summed E-state index contributed by atoms with van der Waals surface area (Å²) in [6.45, 7) is 4.24. The Hall–Kier alpha value is -1.80. The molecule has 106 valence electrons. The zero-order chi connectivity index (χ0) is 14.5. The monoisotopic (exact) mass is 269 g/mol. The summed E-state index contributed by atoms with van der Waals surface area (Å²) in [5.41, 5.74) is 10.1. The van der Waals surface area contributed by atoms with E-state index in [2.05, 4.69) is 50.2 Å². The van der Waals surface area contributed by atoms with Gasteiger partial charge in [-0.15, -0.1) is 0 Å². The van der Waals surface area contributed by atoms with Crippen LogP contribution in [0.15, 0.2) is 48.5 Å². The lowest BCUT2D eigenvalue weighted by Gasteiger charge is -2.24. The van der Waals surface area contributed by atoms with E-state index in [4.69, 9.17) is 10.5 Å². The molecule has 0 aliphatic heterocycles. The zero-order valence-corrected chi connectivity index (χ0v) is 12.5. The first-order chi connectivity index (χ1) is 9.67. The van der Waals surface area contributed by atoms with E-state index in [1.165, 1.54) is 11.1 Å². The fourth-order valence-corrected chi connectivity index (χ4v) is 2.74. The summed E-state index contributed by atoms with van der Waals surface area (Å²) in [5, 5.41) is 0. The van der Waals surface area contributed by atoms with Crippen molar-refractivity contribution < 1.29 is 4.74 Å². The first-order valence-electron chi connectivity index (χ1n) is 7.12. The second kappa shape index (κ2) is 6.58. The summed E-state index contributed by atoms with van der Waals surface area (Å²) < 4.78 is 5.31. The summed E-state index contributed by atoms with van der Waals surface area (Å²) in [7, 11) is 1.70. The molecule has 2 aromatic carbocycles. The molecule has 2 rings (SSSR count). The summed E-state index contributed by atoms with van der Waals surface area (Å²) in [5.74, 6) is 1.25. The van der Waals surface area contributed by atoms with Crippen molar-refractivity contribution in [1.82, 2.24) is 0 Å². The van der Waals surface area contributed by atoms with Gasteiger partial charge in [0.05, 0.1) is 7.11 Å². The first-order valence-corrected chi connectivity index (χ1v) is 7.12. The number of hydrogen-bond donors (Lipinski definition) is 1. The average molecular weight is 269 g/mol. The number of hydrogen-bond acceptors (Lipinski definition) is 2. The number of nitrogens with two attached hydrogens (primary N) is 1. The highest BCUT2D eigenvalue weighted by atomic mass is 16.5. The van der Waals surface area contributed by atoms with E-state index in [1.54, 1.807) is 7.11 Å². The molecule has 0 aromatic heterocycles. The zero-order valence-electron chi connectivity index (χ0n) is 12.5. The Morgan fingerprint density at radius 2 is 1.75 bits per heavy atom. The van der Waals surface area contributed by atoms with Gasteiger partial charge in [0.25, 0.3) is 0 Å². The Morgan fingerprint density at radius 3 is 2.30 bits per heavy atom. The van der Waals surface area contributed by atoms with Crippen LogP contribution < -0.4 is 10.5 Å². The molecule has 20 heavy (non-hydrogen) atoms.